The third-order valence-corrected chi connectivity index (χ3v) is 4.35. The maximum atomic E-state index is 12.2. The first-order valence-corrected chi connectivity index (χ1v) is 7.84. The van der Waals surface area contributed by atoms with Gasteiger partial charge in [-0.3, -0.25) is 4.79 Å². The van der Waals surface area contributed by atoms with Crippen LogP contribution in [-0.2, 0) is 4.79 Å². The van der Waals surface area contributed by atoms with Crippen molar-refractivity contribution in [3.8, 4) is 6.07 Å². The number of anilines is 1. The quantitative estimate of drug-likeness (QED) is 0.680. The first kappa shape index (κ1) is 16.4. The molecule has 0 saturated carbocycles. The Morgan fingerprint density at radius 2 is 2.27 bits per heavy atom. The highest BCUT2D eigenvalue weighted by Crippen LogP contribution is 2.21. The van der Waals surface area contributed by atoms with Gasteiger partial charge in [0.15, 0.2) is 0 Å². The molecule has 1 amide bonds. The van der Waals surface area contributed by atoms with Crippen molar-refractivity contribution in [1.82, 2.24) is 4.90 Å². The largest absolute Gasteiger partial charge is 0.373 e. The first-order valence-electron chi connectivity index (χ1n) is 7.46. The molecule has 5 heteroatoms. The summed E-state index contributed by atoms with van der Waals surface area (Å²) < 4.78 is 0. The Kier molecular flexibility index (Phi) is 5.46. The fourth-order valence-corrected chi connectivity index (χ4v) is 2.67. The predicted molar refractivity (Wildman–Crippen MR) is 88.5 cm³/mol. The zero-order valence-electron chi connectivity index (χ0n) is 12.9. The molecule has 1 aromatic carbocycles. The SMILES string of the molecule is Cc1ccc(NC(=O)/C(C#N)=C\N2CCCCC2C)cc1Cl. The average Bonchev–Trinajstić information content (AvgIpc) is 2.50. The van der Waals surface area contributed by atoms with Crippen molar-refractivity contribution in [1.29, 1.82) is 5.26 Å². The van der Waals surface area contributed by atoms with Crippen molar-refractivity contribution in [2.45, 2.75) is 39.2 Å². The lowest BCUT2D eigenvalue weighted by atomic mass is 10.0. The summed E-state index contributed by atoms with van der Waals surface area (Å²) in [6.07, 6.45) is 5.05. The van der Waals surface area contributed by atoms with Crippen LogP contribution in [0.5, 0.6) is 0 Å². The fourth-order valence-electron chi connectivity index (χ4n) is 2.49. The number of aryl methyl sites for hydroxylation is 1. The Morgan fingerprint density at radius 3 is 2.91 bits per heavy atom. The van der Waals surface area contributed by atoms with E-state index >= 15 is 0 Å². The molecule has 1 saturated heterocycles. The van der Waals surface area contributed by atoms with Gasteiger partial charge >= 0.3 is 0 Å². The van der Waals surface area contributed by atoms with Crippen LogP contribution >= 0.6 is 11.6 Å². The summed E-state index contributed by atoms with van der Waals surface area (Å²) in [6.45, 7) is 4.89. The molecule has 1 aliphatic rings. The molecule has 0 aromatic heterocycles. The number of piperidine rings is 1. The Labute approximate surface area is 136 Å². The molecule has 0 spiro atoms. The number of carbonyl (C=O) groups excluding carboxylic acids is 1. The zero-order valence-corrected chi connectivity index (χ0v) is 13.7. The van der Waals surface area contributed by atoms with Crippen molar-refractivity contribution >= 4 is 23.2 Å². The molecule has 1 atom stereocenters. The average molecular weight is 318 g/mol. The van der Waals surface area contributed by atoms with Gasteiger partial charge in [0.2, 0.25) is 0 Å². The number of halogens is 1. The van der Waals surface area contributed by atoms with Crippen LogP contribution in [0.3, 0.4) is 0 Å². The lowest BCUT2D eigenvalue weighted by Crippen LogP contribution is -2.34. The van der Waals surface area contributed by atoms with E-state index in [0.29, 0.717) is 16.8 Å². The summed E-state index contributed by atoms with van der Waals surface area (Å²) in [5.41, 5.74) is 1.65. The second kappa shape index (κ2) is 7.33. The van der Waals surface area contributed by atoms with Crippen LogP contribution < -0.4 is 5.32 Å². The minimum absolute atomic E-state index is 0.116. The highest BCUT2D eigenvalue weighted by Gasteiger charge is 2.18. The van der Waals surface area contributed by atoms with Crippen LogP contribution in [0.25, 0.3) is 0 Å². The highest BCUT2D eigenvalue weighted by atomic mass is 35.5. The monoisotopic (exact) mass is 317 g/mol. The Morgan fingerprint density at radius 1 is 1.50 bits per heavy atom. The molecular formula is C17H20ClN3O. The van der Waals surface area contributed by atoms with E-state index in [2.05, 4.69) is 17.1 Å². The zero-order chi connectivity index (χ0) is 16.1. The molecule has 0 radical (unpaired) electrons. The van der Waals surface area contributed by atoms with Gasteiger partial charge in [-0.05, 0) is 50.8 Å². The van der Waals surface area contributed by atoms with Crippen LogP contribution in [-0.4, -0.2) is 23.4 Å². The normalized spacial score (nSPS) is 18.7. The number of nitrogens with one attached hydrogen (secondary N) is 1. The molecule has 4 nitrogen and oxygen atoms in total. The highest BCUT2D eigenvalue weighted by molar-refractivity contribution is 6.31. The van der Waals surface area contributed by atoms with Gasteiger partial charge in [-0.25, -0.2) is 0 Å². The maximum absolute atomic E-state index is 12.2. The summed E-state index contributed by atoms with van der Waals surface area (Å²) in [7, 11) is 0. The molecule has 116 valence electrons. The van der Waals surface area contributed by atoms with Gasteiger partial charge in [-0.2, -0.15) is 5.26 Å². The van der Waals surface area contributed by atoms with E-state index in [1.807, 2.05) is 19.1 Å². The summed E-state index contributed by atoms with van der Waals surface area (Å²) in [5.74, 6) is -0.403. The number of carbonyl (C=O) groups is 1. The minimum atomic E-state index is -0.403. The predicted octanol–water partition coefficient (Wildman–Crippen LogP) is 3.87. The van der Waals surface area contributed by atoms with E-state index in [0.717, 1.165) is 24.9 Å². The van der Waals surface area contributed by atoms with Crippen LogP contribution in [0, 0.1) is 18.3 Å². The second-order valence-electron chi connectivity index (χ2n) is 5.66. The van der Waals surface area contributed by atoms with Gasteiger partial charge in [0.25, 0.3) is 5.91 Å². The summed E-state index contributed by atoms with van der Waals surface area (Å²) in [4.78, 5) is 14.3. The van der Waals surface area contributed by atoms with Crippen LogP contribution in [0.1, 0.15) is 31.7 Å². The van der Waals surface area contributed by atoms with Gasteiger partial charge in [-0.1, -0.05) is 17.7 Å². The molecule has 1 heterocycles. The van der Waals surface area contributed by atoms with Crippen molar-refractivity contribution in [3.05, 3.63) is 40.6 Å². The van der Waals surface area contributed by atoms with E-state index in [1.54, 1.807) is 18.3 Å². The van der Waals surface area contributed by atoms with Crippen molar-refractivity contribution in [2.75, 3.05) is 11.9 Å². The van der Waals surface area contributed by atoms with Gasteiger partial charge in [0.05, 0.1) is 0 Å². The molecule has 1 aliphatic heterocycles. The molecule has 1 N–H and O–H groups in total. The molecule has 22 heavy (non-hydrogen) atoms. The number of likely N-dealkylation sites (tertiary alicyclic amines) is 1. The standard InChI is InChI=1S/C17H20ClN3O/c1-12-6-7-15(9-16(12)18)20-17(22)14(10-19)11-21-8-4-3-5-13(21)2/h6-7,9,11,13H,3-5,8H2,1-2H3,(H,20,22)/b14-11-. The van der Waals surface area contributed by atoms with Crippen LogP contribution in [0.2, 0.25) is 5.02 Å². The maximum Gasteiger partial charge on any atom is 0.267 e. The summed E-state index contributed by atoms with van der Waals surface area (Å²) in [6, 6.07) is 7.65. The third-order valence-electron chi connectivity index (χ3n) is 3.94. The van der Waals surface area contributed by atoms with Crippen LogP contribution in [0.4, 0.5) is 5.69 Å². The van der Waals surface area contributed by atoms with Gasteiger partial charge < -0.3 is 10.2 Å². The van der Waals surface area contributed by atoms with E-state index in [1.165, 1.54) is 6.42 Å². The van der Waals surface area contributed by atoms with Gasteiger partial charge in [0, 0.05) is 29.5 Å². The lowest BCUT2D eigenvalue weighted by molar-refractivity contribution is -0.112. The smallest absolute Gasteiger partial charge is 0.267 e. The molecule has 2 rings (SSSR count). The minimum Gasteiger partial charge on any atom is -0.373 e. The number of amides is 1. The Hall–Kier alpha value is -1.99. The topological polar surface area (TPSA) is 56.1 Å². The van der Waals surface area contributed by atoms with Crippen molar-refractivity contribution in [2.24, 2.45) is 0 Å². The van der Waals surface area contributed by atoms with Gasteiger partial charge in [0.1, 0.15) is 11.6 Å². The van der Waals surface area contributed by atoms with Crippen molar-refractivity contribution in [3.63, 3.8) is 0 Å². The first-order chi connectivity index (χ1) is 10.5. The molecule has 0 aliphatic carbocycles. The van der Waals surface area contributed by atoms with E-state index in [-0.39, 0.29) is 5.57 Å². The molecule has 1 fully saturated rings. The fraction of sp³-hybridized carbons (Fsp3) is 0.412. The van der Waals surface area contributed by atoms with E-state index < -0.39 is 5.91 Å². The molecule has 1 aromatic rings. The number of benzene rings is 1. The molecule has 0 bridgehead atoms. The second-order valence-corrected chi connectivity index (χ2v) is 6.06. The van der Waals surface area contributed by atoms with Crippen molar-refractivity contribution < 1.29 is 4.79 Å². The van der Waals surface area contributed by atoms with Gasteiger partial charge in [-0.15, -0.1) is 0 Å². The summed E-state index contributed by atoms with van der Waals surface area (Å²) in [5, 5.41) is 12.6. The number of hydrogen-bond acceptors (Lipinski definition) is 3. The molecular weight excluding hydrogens is 298 g/mol. The number of nitrogens with zero attached hydrogens (tertiary/aromatic N) is 2. The Bertz CT molecular complexity index is 633. The third kappa shape index (κ3) is 4.02. The van der Waals surface area contributed by atoms with Crippen LogP contribution in [0.15, 0.2) is 30.0 Å². The lowest BCUT2D eigenvalue weighted by Gasteiger charge is -2.32. The number of rotatable bonds is 3. The summed E-state index contributed by atoms with van der Waals surface area (Å²) >= 11 is 6.05. The Balaban J connectivity index is 2.11. The number of nitriles is 1. The van der Waals surface area contributed by atoms with E-state index in [9.17, 15) is 10.1 Å². The molecule has 1 unspecified atom stereocenters. The number of hydrogen-bond donors (Lipinski definition) is 1. The van der Waals surface area contributed by atoms with E-state index in [4.69, 9.17) is 11.6 Å².